The molecule has 1 N–H and O–H groups in total. The Bertz CT molecular complexity index is 511. The van der Waals surface area contributed by atoms with Crippen LogP contribution >= 0.6 is 47.8 Å². The molecule has 0 radical (unpaired) electrons. The molecule has 0 aliphatic heterocycles. The van der Waals surface area contributed by atoms with Gasteiger partial charge in [-0.25, -0.2) is 0 Å². The highest BCUT2D eigenvalue weighted by Gasteiger charge is 2.03. The largest absolute Gasteiger partial charge is 0.354 e. The number of halogens is 3. The van der Waals surface area contributed by atoms with E-state index in [-0.39, 0.29) is 0 Å². The molecule has 0 bridgehead atoms. The van der Waals surface area contributed by atoms with Gasteiger partial charge in [-0.15, -0.1) is 0 Å². The zero-order chi connectivity index (χ0) is 11.5. The van der Waals surface area contributed by atoms with Gasteiger partial charge in [0.2, 0.25) is 0 Å². The predicted octanol–water partition coefficient (Wildman–Crippen LogP) is 5.72. The van der Waals surface area contributed by atoms with Crippen LogP contribution in [0.3, 0.4) is 0 Å². The summed E-state index contributed by atoms with van der Waals surface area (Å²) in [4.78, 5) is 0. The fourth-order valence-corrected chi connectivity index (χ4v) is 2.39. The summed E-state index contributed by atoms with van der Waals surface area (Å²) in [5.74, 6) is 0. The number of para-hydroxylation sites is 1. The first-order valence-electron chi connectivity index (χ1n) is 4.63. The van der Waals surface area contributed by atoms with Crippen LogP contribution in [0.1, 0.15) is 0 Å². The van der Waals surface area contributed by atoms with E-state index in [0.29, 0.717) is 0 Å². The van der Waals surface area contributed by atoms with Crippen molar-refractivity contribution in [3.8, 4) is 0 Å². The van der Waals surface area contributed by atoms with Gasteiger partial charge in [0.05, 0.1) is 11.4 Å². The fourth-order valence-electron chi connectivity index (χ4n) is 1.30. The lowest BCUT2D eigenvalue weighted by Gasteiger charge is -2.10. The minimum atomic E-state index is 1.03. The van der Waals surface area contributed by atoms with E-state index in [2.05, 4.69) is 53.1 Å². The molecule has 2 aromatic rings. The maximum absolute atomic E-state index is 3.51. The second kappa shape index (κ2) is 5.34. The molecule has 4 heteroatoms. The summed E-state index contributed by atoms with van der Waals surface area (Å²) in [6, 6.07) is 14.1. The van der Waals surface area contributed by atoms with E-state index in [1.165, 1.54) is 0 Å². The smallest absolute Gasteiger partial charge is 0.0540 e. The molecule has 0 spiro atoms. The molecule has 0 amide bonds. The minimum absolute atomic E-state index is 1.03. The van der Waals surface area contributed by atoms with Crippen molar-refractivity contribution in [2.24, 2.45) is 0 Å². The Morgan fingerprint density at radius 1 is 0.750 bits per heavy atom. The van der Waals surface area contributed by atoms with Crippen LogP contribution in [0.25, 0.3) is 0 Å². The van der Waals surface area contributed by atoms with Gasteiger partial charge in [-0.1, -0.05) is 28.1 Å². The Kier molecular flexibility index (Phi) is 4.05. The van der Waals surface area contributed by atoms with Gasteiger partial charge < -0.3 is 5.32 Å². The van der Waals surface area contributed by atoms with Crippen LogP contribution in [0.2, 0.25) is 0 Å². The van der Waals surface area contributed by atoms with E-state index in [1.54, 1.807) is 0 Å². The van der Waals surface area contributed by atoms with Crippen molar-refractivity contribution in [3.05, 3.63) is 55.9 Å². The summed E-state index contributed by atoms with van der Waals surface area (Å²) in [6.07, 6.45) is 0. The number of hydrogen-bond acceptors (Lipinski definition) is 1. The van der Waals surface area contributed by atoms with Crippen LogP contribution in [0.5, 0.6) is 0 Å². The predicted molar refractivity (Wildman–Crippen MR) is 79.3 cm³/mol. The number of nitrogens with one attached hydrogen (secondary N) is 1. The van der Waals surface area contributed by atoms with E-state index in [4.69, 9.17) is 0 Å². The van der Waals surface area contributed by atoms with Crippen LogP contribution in [0.4, 0.5) is 11.4 Å². The van der Waals surface area contributed by atoms with E-state index >= 15 is 0 Å². The van der Waals surface area contributed by atoms with Gasteiger partial charge in [0.1, 0.15) is 0 Å². The highest BCUT2D eigenvalue weighted by Crippen LogP contribution is 2.31. The van der Waals surface area contributed by atoms with Gasteiger partial charge >= 0.3 is 0 Å². The Labute approximate surface area is 120 Å². The Hall–Kier alpha value is -0.320. The van der Waals surface area contributed by atoms with Crippen molar-refractivity contribution in [1.29, 1.82) is 0 Å². The Morgan fingerprint density at radius 3 is 2.19 bits per heavy atom. The second-order valence-corrected chi connectivity index (χ2v) is 5.85. The Balaban J connectivity index is 2.34. The third kappa shape index (κ3) is 2.87. The molecule has 82 valence electrons. The summed E-state index contributed by atoms with van der Waals surface area (Å²) < 4.78 is 3.12. The van der Waals surface area contributed by atoms with E-state index in [0.717, 1.165) is 24.8 Å². The van der Waals surface area contributed by atoms with Crippen LogP contribution < -0.4 is 5.32 Å². The molecule has 0 saturated carbocycles. The van der Waals surface area contributed by atoms with Gasteiger partial charge in [-0.05, 0) is 62.2 Å². The van der Waals surface area contributed by atoms with E-state index in [9.17, 15) is 0 Å². The van der Waals surface area contributed by atoms with Crippen molar-refractivity contribution in [1.82, 2.24) is 0 Å². The SMILES string of the molecule is Brc1ccc(Br)c(Nc2ccccc2Br)c1. The molecule has 0 saturated heterocycles. The number of hydrogen-bond donors (Lipinski definition) is 1. The first kappa shape index (κ1) is 12.1. The van der Waals surface area contributed by atoms with Gasteiger partial charge in [-0.3, -0.25) is 0 Å². The summed E-state index contributed by atoms with van der Waals surface area (Å²) >= 11 is 10.5. The molecular weight excluding hydrogens is 398 g/mol. The number of anilines is 2. The average molecular weight is 406 g/mol. The van der Waals surface area contributed by atoms with E-state index in [1.807, 2.05) is 42.5 Å². The standard InChI is InChI=1S/C12H8Br3N/c13-8-5-6-10(15)12(7-8)16-11-4-2-1-3-9(11)14/h1-7,16H. The number of rotatable bonds is 2. The van der Waals surface area contributed by atoms with Gasteiger partial charge in [0.25, 0.3) is 0 Å². The van der Waals surface area contributed by atoms with E-state index < -0.39 is 0 Å². The van der Waals surface area contributed by atoms with Crippen LogP contribution in [0.15, 0.2) is 55.9 Å². The summed E-state index contributed by atoms with van der Waals surface area (Å²) in [7, 11) is 0. The third-order valence-corrected chi connectivity index (χ3v) is 3.95. The molecule has 0 aromatic heterocycles. The maximum Gasteiger partial charge on any atom is 0.0540 e. The van der Waals surface area contributed by atoms with Gasteiger partial charge in [0.15, 0.2) is 0 Å². The zero-order valence-electron chi connectivity index (χ0n) is 8.18. The molecule has 2 rings (SSSR count). The molecule has 0 aliphatic carbocycles. The lowest BCUT2D eigenvalue weighted by Crippen LogP contribution is -1.92. The van der Waals surface area contributed by atoms with Crippen LogP contribution in [-0.2, 0) is 0 Å². The topological polar surface area (TPSA) is 12.0 Å². The zero-order valence-corrected chi connectivity index (χ0v) is 12.9. The first-order chi connectivity index (χ1) is 7.66. The Morgan fingerprint density at radius 2 is 1.44 bits per heavy atom. The molecule has 0 fully saturated rings. The fraction of sp³-hybridized carbons (Fsp3) is 0. The van der Waals surface area contributed by atoms with Crippen molar-refractivity contribution < 1.29 is 0 Å². The minimum Gasteiger partial charge on any atom is -0.354 e. The first-order valence-corrected chi connectivity index (χ1v) is 7.01. The molecule has 2 aromatic carbocycles. The molecule has 16 heavy (non-hydrogen) atoms. The molecular formula is C12H8Br3N. The normalized spacial score (nSPS) is 10.2. The maximum atomic E-state index is 3.51. The summed E-state index contributed by atoms with van der Waals surface area (Å²) in [5, 5.41) is 3.36. The summed E-state index contributed by atoms with van der Waals surface area (Å²) in [5.41, 5.74) is 2.07. The molecule has 1 nitrogen and oxygen atoms in total. The van der Waals surface area contributed by atoms with Crippen molar-refractivity contribution in [3.63, 3.8) is 0 Å². The molecule has 0 atom stereocenters. The lowest BCUT2D eigenvalue weighted by atomic mass is 10.3. The van der Waals surface area contributed by atoms with Crippen LogP contribution in [-0.4, -0.2) is 0 Å². The quantitative estimate of drug-likeness (QED) is 0.674. The summed E-state index contributed by atoms with van der Waals surface area (Å²) in [6.45, 7) is 0. The van der Waals surface area contributed by atoms with Crippen LogP contribution in [0, 0.1) is 0 Å². The number of benzene rings is 2. The van der Waals surface area contributed by atoms with Crippen molar-refractivity contribution >= 4 is 59.2 Å². The highest BCUT2D eigenvalue weighted by molar-refractivity contribution is 9.11. The molecule has 0 unspecified atom stereocenters. The highest BCUT2D eigenvalue weighted by atomic mass is 79.9. The molecule has 0 aliphatic rings. The second-order valence-electron chi connectivity index (χ2n) is 3.23. The molecule has 0 heterocycles. The lowest BCUT2D eigenvalue weighted by molar-refractivity contribution is 1.49. The van der Waals surface area contributed by atoms with Gasteiger partial charge in [0, 0.05) is 13.4 Å². The monoisotopic (exact) mass is 403 g/mol. The van der Waals surface area contributed by atoms with Crippen molar-refractivity contribution in [2.75, 3.05) is 5.32 Å². The third-order valence-electron chi connectivity index (χ3n) is 2.07. The van der Waals surface area contributed by atoms with Gasteiger partial charge in [-0.2, -0.15) is 0 Å². The average Bonchev–Trinajstić information content (AvgIpc) is 2.27. The van der Waals surface area contributed by atoms with Crippen molar-refractivity contribution in [2.45, 2.75) is 0 Å².